The summed E-state index contributed by atoms with van der Waals surface area (Å²) >= 11 is 0. The zero-order valence-electron chi connectivity index (χ0n) is 14.0. The van der Waals surface area contributed by atoms with Crippen molar-refractivity contribution >= 4 is 17.8 Å². The van der Waals surface area contributed by atoms with Gasteiger partial charge < -0.3 is 15.8 Å². The molecule has 0 aliphatic carbocycles. The van der Waals surface area contributed by atoms with E-state index in [2.05, 4.69) is 5.32 Å². The number of esters is 1. The molecule has 0 aliphatic heterocycles. The molecule has 6 heteroatoms. The number of primary amides is 1. The quantitative estimate of drug-likeness (QED) is 0.743. The molecule has 1 aromatic rings. The third-order valence-electron chi connectivity index (χ3n) is 3.41. The minimum atomic E-state index is -0.928. The van der Waals surface area contributed by atoms with Crippen molar-refractivity contribution in [2.24, 2.45) is 11.7 Å². The van der Waals surface area contributed by atoms with Crippen LogP contribution in [-0.4, -0.2) is 30.4 Å². The van der Waals surface area contributed by atoms with Crippen LogP contribution in [0.15, 0.2) is 18.2 Å². The Morgan fingerprint density at radius 1 is 1.17 bits per heavy atom. The molecular formula is C17H24N2O4. The summed E-state index contributed by atoms with van der Waals surface area (Å²) in [5.41, 5.74) is 7.69. The van der Waals surface area contributed by atoms with Gasteiger partial charge in [0.2, 0.25) is 5.91 Å². The van der Waals surface area contributed by atoms with Crippen molar-refractivity contribution in [3.8, 4) is 0 Å². The third kappa shape index (κ3) is 5.73. The molecule has 6 nitrogen and oxygen atoms in total. The number of amides is 2. The smallest absolute Gasteiger partial charge is 0.308 e. The molecule has 1 rings (SSSR count). The summed E-state index contributed by atoms with van der Waals surface area (Å²) < 4.78 is 4.90. The fourth-order valence-corrected chi connectivity index (χ4v) is 2.33. The van der Waals surface area contributed by atoms with Gasteiger partial charge in [-0.3, -0.25) is 14.4 Å². The van der Waals surface area contributed by atoms with Crippen LogP contribution < -0.4 is 11.1 Å². The first-order valence-corrected chi connectivity index (χ1v) is 7.59. The van der Waals surface area contributed by atoms with Gasteiger partial charge in [-0.25, -0.2) is 0 Å². The molecule has 23 heavy (non-hydrogen) atoms. The summed E-state index contributed by atoms with van der Waals surface area (Å²) in [4.78, 5) is 35.5. The summed E-state index contributed by atoms with van der Waals surface area (Å²) in [5, 5.41) is 2.59. The number of hydrogen-bond donors (Lipinski definition) is 2. The molecular weight excluding hydrogens is 296 g/mol. The van der Waals surface area contributed by atoms with Gasteiger partial charge in [0.15, 0.2) is 0 Å². The Morgan fingerprint density at radius 3 is 2.22 bits per heavy atom. The molecule has 0 radical (unpaired) electrons. The minimum absolute atomic E-state index is 0.102. The van der Waals surface area contributed by atoms with Gasteiger partial charge >= 0.3 is 5.97 Å². The molecule has 0 aliphatic rings. The second-order valence-corrected chi connectivity index (χ2v) is 5.69. The van der Waals surface area contributed by atoms with Crippen molar-refractivity contribution in [3.05, 3.63) is 34.9 Å². The van der Waals surface area contributed by atoms with E-state index in [-0.39, 0.29) is 13.0 Å². The maximum atomic E-state index is 12.3. The molecule has 2 atom stereocenters. The molecule has 0 saturated heterocycles. The van der Waals surface area contributed by atoms with Crippen LogP contribution in [0.3, 0.4) is 0 Å². The lowest BCUT2D eigenvalue weighted by Crippen LogP contribution is -2.46. The predicted octanol–water partition coefficient (Wildman–Crippen LogP) is 1.48. The van der Waals surface area contributed by atoms with E-state index in [1.807, 2.05) is 19.9 Å². The molecule has 3 N–H and O–H groups in total. The molecule has 0 bridgehead atoms. The van der Waals surface area contributed by atoms with Crippen LogP contribution >= 0.6 is 0 Å². The highest BCUT2D eigenvalue weighted by molar-refractivity contribution is 5.97. The lowest BCUT2D eigenvalue weighted by atomic mass is 10.0. The van der Waals surface area contributed by atoms with Gasteiger partial charge in [0, 0.05) is 5.56 Å². The lowest BCUT2D eigenvalue weighted by Gasteiger charge is -2.19. The Morgan fingerprint density at radius 2 is 1.74 bits per heavy atom. The van der Waals surface area contributed by atoms with Crippen LogP contribution in [0.5, 0.6) is 0 Å². The van der Waals surface area contributed by atoms with E-state index in [0.717, 1.165) is 11.1 Å². The average Bonchev–Trinajstić information content (AvgIpc) is 2.45. The van der Waals surface area contributed by atoms with Crippen LogP contribution in [0.1, 0.15) is 41.8 Å². The van der Waals surface area contributed by atoms with Gasteiger partial charge in [-0.2, -0.15) is 0 Å². The van der Waals surface area contributed by atoms with E-state index in [1.165, 1.54) is 0 Å². The fraction of sp³-hybridized carbons (Fsp3) is 0.471. The summed E-state index contributed by atoms with van der Waals surface area (Å²) in [6, 6.07) is 4.48. The van der Waals surface area contributed by atoms with Crippen molar-refractivity contribution in [2.75, 3.05) is 6.61 Å². The van der Waals surface area contributed by atoms with Crippen LogP contribution in [0.4, 0.5) is 0 Å². The van der Waals surface area contributed by atoms with Gasteiger partial charge in [0.25, 0.3) is 5.91 Å². The number of rotatable bonds is 7. The molecule has 0 fully saturated rings. The molecule has 0 heterocycles. The van der Waals surface area contributed by atoms with E-state index >= 15 is 0 Å². The van der Waals surface area contributed by atoms with Crippen LogP contribution in [0.25, 0.3) is 0 Å². The monoisotopic (exact) mass is 320 g/mol. The molecule has 1 aromatic carbocycles. The highest BCUT2D eigenvalue weighted by Crippen LogP contribution is 2.12. The third-order valence-corrected chi connectivity index (χ3v) is 3.41. The van der Waals surface area contributed by atoms with Crippen molar-refractivity contribution in [3.63, 3.8) is 0 Å². The highest BCUT2D eigenvalue weighted by Gasteiger charge is 2.25. The largest absolute Gasteiger partial charge is 0.466 e. The minimum Gasteiger partial charge on any atom is -0.466 e. The van der Waals surface area contributed by atoms with E-state index in [0.29, 0.717) is 5.56 Å². The first kappa shape index (κ1) is 18.7. The fourth-order valence-electron chi connectivity index (χ4n) is 2.33. The second-order valence-electron chi connectivity index (χ2n) is 5.69. The summed E-state index contributed by atoms with van der Waals surface area (Å²) in [7, 11) is 0. The summed E-state index contributed by atoms with van der Waals surface area (Å²) in [6.45, 7) is 7.38. The number of ether oxygens (including phenoxy) is 1. The lowest BCUT2D eigenvalue weighted by molar-refractivity contribution is -0.147. The first-order valence-electron chi connectivity index (χ1n) is 7.59. The van der Waals surface area contributed by atoms with Gasteiger partial charge in [-0.15, -0.1) is 0 Å². The summed E-state index contributed by atoms with van der Waals surface area (Å²) in [6.07, 6.45) is 0.102. The normalized spacial score (nSPS) is 13.0. The van der Waals surface area contributed by atoms with Gasteiger partial charge in [-0.05, 0) is 39.3 Å². The zero-order chi connectivity index (χ0) is 17.6. The maximum Gasteiger partial charge on any atom is 0.308 e. The van der Waals surface area contributed by atoms with Crippen LogP contribution in [0.2, 0.25) is 0 Å². The van der Waals surface area contributed by atoms with E-state index < -0.39 is 29.7 Å². The Labute approximate surface area is 136 Å². The molecule has 126 valence electrons. The summed E-state index contributed by atoms with van der Waals surface area (Å²) in [5.74, 6) is -2.03. The SMILES string of the molecule is CCOC(=O)[C@H](C)C[C@@H](NC(=O)c1cc(C)cc(C)c1)C(N)=O. The van der Waals surface area contributed by atoms with Gasteiger partial charge in [0.05, 0.1) is 12.5 Å². The molecule has 0 unspecified atom stereocenters. The highest BCUT2D eigenvalue weighted by atomic mass is 16.5. The van der Waals surface area contributed by atoms with Crippen LogP contribution in [-0.2, 0) is 14.3 Å². The zero-order valence-corrected chi connectivity index (χ0v) is 14.0. The molecule has 0 spiro atoms. The Hall–Kier alpha value is -2.37. The number of hydrogen-bond acceptors (Lipinski definition) is 4. The van der Waals surface area contributed by atoms with Gasteiger partial charge in [0.1, 0.15) is 6.04 Å². The number of carbonyl (C=O) groups excluding carboxylic acids is 3. The average molecular weight is 320 g/mol. The van der Waals surface area contributed by atoms with Gasteiger partial charge in [-0.1, -0.05) is 24.1 Å². The van der Waals surface area contributed by atoms with Crippen molar-refractivity contribution in [1.29, 1.82) is 0 Å². The second kappa shape index (κ2) is 8.31. The number of nitrogens with one attached hydrogen (secondary N) is 1. The van der Waals surface area contributed by atoms with Crippen molar-refractivity contribution < 1.29 is 19.1 Å². The number of benzene rings is 1. The number of carbonyl (C=O) groups is 3. The Kier molecular flexibility index (Phi) is 6.75. The van der Waals surface area contributed by atoms with E-state index in [4.69, 9.17) is 10.5 Å². The molecule has 0 aromatic heterocycles. The molecule has 2 amide bonds. The van der Waals surface area contributed by atoms with E-state index in [1.54, 1.807) is 26.0 Å². The predicted molar refractivity (Wildman–Crippen MR) is 86.8 cm³/mol. The van der Waals surface area contributed by atoms with E-state index in [9.17, 15) is 14.4 Å². The Bertz CT molecular complexity index is 578. The maximum absolute atomic E-state index is 12.3. The first-order chi connectivity index (χ1) is 10.7. The number of aryl methyl sites for hydroxylation is 2. The topological polar surface area (TPSA) is 98.5 Å². The molecule has 0 saturated carbocycles. The van der Waals surface area contributed by atoms with Crippen LogP contribution in [0, 0.1) is 19.8 Å². The van der Waals surface area contributed by atoms with Crippen molar-refractivity contribution in [1.82, 2.24) is 5.32 Å². The Balaban J connectivity index is 2.81. The number of nitrogens with two attached hydrogens (primary N) is 1. The standard InChI is InChI=1S/C17H24N2O4/c1-5-23-17(22)12(4)9-14(15(18)20)19-16(21)13-7-10(2)6-11(3)8-13/h6-8,12,14H,5,9H2,1-4H3,(H2,18,20)(H,19,21)/t12-,14-/m1/s1. The van der Waals surface area contributed by atoms with Crippen molar-refractivity contribution in [2.45, 2.75) is 40.2 Å².